The van der Waals surface area contributed by atoms with Crippen molar-refractivity contribution in [2.45, 2.75) is 26.7 Å². The highest BCUT2D eigenvalue weighted by atomic mass is 15.3. The average Bonchev–Trinajstić information content (AvgIpc) is 2.39. The Morgan fingerprint density at radius 1 is 1.44 bits per heavy atom. The van der Waals surface area contributed by atoms with Gasteiger partial charge in [0.1, 0.15) is 11.5 Å². The van der Waals surface area contributed by atoms with E-state index in [1.165, 1.54) is 12.8 Å². The second kappa shape index (κ2) is 5.33. The third-order valence-corrected chi connectivity index (χ3v) is 3.68. The highest BCUT2D eigenvalue weighted by Gasteiger charge is 2.23. The van der Waals surface area contributed by atoms with Gasteiger partial charge in [-0.1, -0.05) is 13.8 Å². The molecule has 0 bridgehead atoms. The van der Waals surface area contributed by atoms with Gasteiger partial charge in [-0.15, -0.1) is 0 Å². The number of nitrogens with one attached hydrogen (secondary N) is 1. The van der Waals surface area contributed by atoms with Crippen LogP contribution in [0.15, 0.2) is 12.3 Å². The molecular formula is C13H21N5. The van der Waals surface area contributed by atoms with Crippen LogP contribution < -0.4 is 10.6 Å². The first-order valence-electron chi connectivity index (χ1n) is 6.50. The van der Waals surface area contributed by atoms with Gasteiger partial charge in [-0.2, -0.15) is 0 Å². The van der Waals surface area contributed by atoms with Gasteiger partial charge in [0.05, 0.1) is 0 Å². The van der Waals surface area contributed by atoms with Gasteiger partial charge in [0.2, 0.25) is 5.95 Å². The van der Waals surface area contributed by atoms with Crippen LogP contribution in [0.25, 0.3) is 0 Å². The minimum Gasteiger partial charge on any atom is -0.382 e. The first-order chi connectivity index (χ1) is 8.58. The molecular weight excluding hydrogens is 226 g/mol. The van der Waals surface area contributed by atoms with Crippen LogP contribution in [0.1, 0.15) is 32.4 Å². The molecule has 2 rings (SSSR count). The van der Waals surface area contributed by atoms with Crippen LogP contribution in [0.5, 0.6) is 0 Å². The van der Waals surface area contributed by atoms with Crippen molar-refractivity contribution in [3.8, 4) is 0 Å². The Hall–Kier alpha value is -1.65. The first kappa shape index (κ1) is 12.8. The molecule has 3 N–H and O–H groups in total. The first-order valence-corrected chi connectivity index (χ1v) is 6.50. The molecule has 5 heteroatoms. The minimum atomic E-state index is -0.00397. The van der Waals surface area contributed by atoms with Gasteiger partial charge in [-0.3, -0.25) is 5.41 Å². The van der Waals surface area contributed by atoms with Crippen molar-refractivity contribution >= 4 is 11.8 Å². The summed E-state index contributed by atoms with van der Waals surface area (Å²) in [5, 5.41) is 7.40. The Morgan fingerprint density at radius 3 is 2.67 bits per heavy atom. The fourth-order valence-electron chi connectivity index (χ4n) is 2.42. The number of nitrogens with zero attached hydrogens (tertiary/aromatic N) is 3. The van der Waals surface area contributed by atoms with E-state index < -0.39 is 0 Å². The predicted molar refractivity (Wildman–Crippen MR) is 72.8 cm³/mol. The lowest BCUT2D eigenvalue weighted by atomic mass is 9.87. The fraction of sp³-hybridized carbons (Fsp3) is 0.615. The van der Waals surface area contributed by atoms with Crippen LogP contribution in [0.4, 0.5) is 5.95 Å². The van der Waals surface area contributed by atoms with E-state index in [1.807, 2.05) is 0 Å². The molecule has 1 fully saturated rings. The lowest BCUT2D eigenvalue weighted by molar-refractivity contribution is 0.310. The number of nitrogens with two attached hydrogens (primary N) is 1. The maximum atomic E-state index is 7.40. The van der Waals surface area contributed by atoms with Crippen LogP contribution in [-0.2, 0) is 0 Å². The lowest BCUT2D eigenvalue weighted by Gasteiger charge is -2.33. The van der Waals surface area contributed by atoms with E-state index in [4.69, 9.17) is 11.1 Å². The Balaban J connectivity index is 2.05. The number of hydrogen-bond donors (Lipinski definition) is 2. The second-order valence-corrected chi connectivity index (χ2v) is 5.22. The smallest absolute Gasteiger partial charge is 0.225 e. The summed E-state index contributed by atoms with van der Waals surface area (Å²) in [7, 11) is 0. The molecule has 0 aromatic carbocycles. The van der Waals surface area contributed by atoms with Crippen LogP contribution in [0, 0.1) is 17.2 Å². The minimum absolute atomic E-state index is 0.00397. The molecule has 0 aliphatic carbocycles. The highest BCUT2D eigenvalue weighted by molar-refractivity contribution is 5.93. The normalized spacial score (nSPS) is 17.2. The zero-order chi connectivity index (χ0) is 13.1. The van der Waals surface area contributed by atoms with Gasteiger partial charge in [-0.05, 0) is 30.7 Å². The number of anilines is 1. The Labute approximate surface area is 108 Å². The predicted octanol–water partition coefficient (Wildman–Crippen LogP) is 1.63. The molecule has 2 heterocycles. The molecule has 0 amide bonds. The van der Waals surface area contributed by atoms with Crippen molar-refractivity contribution < 1.29 is 0 Å². The molecule has 0 saturated carbocycles. The van der Waals surface area contributed by atoms with Gasteiger partial charge >= 0.3 is 0 Å². The van der Waals surface area contributed by atoms with Crippen LogP contribution >= 0.6 is 0 Å². The van der Waals surface area contributed by atoms with Crippen molar-refractivity contribution in [2.24, 2.45) is 17.6 Å². The Bertz CT molecular complexity index is 421. The maximum Gasteiger partial charge on any atom is 0.225 e. The molecule has 1 aromatic rings. The van der Waals surface area contributed by atoms with Gasteiger partial charge in [-0.25, -0.2) is 9.97 Å². The third kappa shape index (κ3) is 2.78. The number of rotatable bonds is 3. The average molecular weight is 247 g/mol. The molecule has 1 aliphatic rings. The molecule has 0 radical (unpaired) electrons. The molecule has 98 valence electrons. The zero-order valence-electron chi connectivity index (χ0n) is 11.1. The largest absolute Gasteiger partial charge is 0.382 e. The molecule has 1 aliphatic heterocycles. The summed E-state index contributed by atoms with van der Waals surface area (Å²) in [5.74, 6) is 2.24. The monoisotopic (exact) mass is 247 g/mol. The van der Waals surface area contributed by atoms with Crippen LogP contribution in [-0.4, -0.2) is 28.9 Å². The number of aromatic nitrogens is 2. The van der Waals surface area contributed by atoms with Crippen LogP contribution in [0.3, 0.4) is 0 Å². The van der Waals surface area contributed by atoms with Gasteiger partial charge in [0, 0.05) is 19.3 Å². The van der Waals surface area contributed by atoms with E-state index in [1.54, 1.807) is 12.3 Å². The third-order valence-electron chi connectivity index (χ3n) is 3.68. The standard InChI is InChI=1S/C13H21N5/c1-9(2)10-4-7-18(8-5-10)13-16-6-3-11(17-13)12(14)15/h3,6,9-10H,4-5,7-8H2,1-2H3,(H3,14,15). The zero-order valence-corrected chi connectivity index (χ0v) is 11.1. The SMILES string of the molecule is CC(C)C1CCN(c2nccc(C(=N)N)n2)CC1. The van der Waals surface area contributed by atoms with Crippen molar-refractivity contribution in [1.82, 2.24) is 9.97 Å². The highest BCUT2D eigenvalue weighted by Crippen LogP contribution is 2.26. The van der Waals surface area contributed by atoms with E-state index >= 15 is 0 Å². The molecule has 1 aromatic heterocycles. The maximum absolute atomic E-state index is 7.40. The second-order valence-electron chi connectivity index (χ2n) is 5.22. The molecule has 0 spiro atoms. The molecule has 18 heavy (non-hydrogen) atoms. The quantitative estimate of drug-likeness (QED) is 0.628. The summed E-state index contributed by atoms with van der Waals surface area (Å²) in [6, 6.07) is 1.67. The van der Waals surface area contributed by atoms with Gasteiger partial charge in [0.15, 0.2) is 0 Å². The topological polar surface area (TPSA) is 78.9 Å². The summed E-state index contributed by atoms with van der Waals surface area (Å²) in [4.78, 5) is 10.8. The summed E-state index contributed by atoms with van der Waals surface area (Å²) in [6.45, 7) is 6.55. The molecule has 0 atom stereocenters. The Kier molecular flexibility index (Phi) is 3.79. The number of nitrogen functional groups attached to an aromatic ring is 1. The van der Waals surface area contributed by atoms with E-state index in [-0.39, 0.29) is 5.84 Å². The number of amidine groups is 1. The van der Waals surface area contributed by atoms with E-state index in [2.05, 4.69) is 28.7 Å². The molecule has 1 saturated heterocycles. The van der Waals surface area contributed by atoms with Crippen molar-refractivity contribution in [1.29, 1.82) is 5.41 Å². The summed E-state index contributed by atoms with van der Waals surface area (Å²) in [6.07, 6.45) is 4.05. The van der Waals surface area contributed by atoms with E-state index in [0.717, 1.165) is 24.9 Å². The van der Waals surface area contributed by atoms with Crippen molar-refractivity contribution in [3.05, 3.63) is 18.0 Å². The molecule has 0 unspecified atom stereocenters. The van der Waals surface area contributed by atoms with Crippen LogP contribution in [0.2, 0.25) is 0 Å². The van der Waals surface area contributed by atoms with Crippen molar-refractivity contribution in [2.75, 3.05) is 18.0 Å². The summed E-state index contributed by atoms with van der Waals surface area (Å²) < 4.78 is 0. The van der Waals surface area contributed by atoms with E-state index in [9.17, 15) is 0 Å². The van der Waals surface area contributed by atoms with Gasteiger partial charge in [0.25, 0.3) is 0 Å². The number of piperidine rings is 1. The van der Waals surface area contributed by atoms with Crippen molar-refractivity contribution in [3.63, 3.8) is 0 Å². The summed E-state index contributed by atoms with van der Waals surface area (Å²) >= 11 is 0. The van der Waals surface area contributed by atoms with E-state index in [0.29, 0.717) is 11.6 Å². The Morgan fingerprint density at radius 2 is 2.11 bits per heavy atom. The fourth-order valence-corrected chi connectivity index (χ4v) is 2.42. The van der Waals surface area contributed by atoms with Gasteiger partial charge < -0.3 is 10.6 Å². The number of hydrogen-bond acceptors (Lipinski definition) is 4. The molecule has 5 nitrogen and oxygen atoms in total. The lowest BCUT2D eigenvalue weighted by Crippen LogP contribution is -2.36. The summed E-state index contributed by atoms with van der Waals surface area (Å²) in [5.41, 5.74) is 5.95.